The molecule has 2 nitrogen and oxygen atoms in total. The van der Waals surface area contributed by atoms with Crippen LogP contribution in [0.25, 0.3) is 0 Å². The second-order valence-corrected chi connectivity index (χ2v) is 4.69. The van der Waals surface area contributed by atoms with Crippen LogP contribution in [0.4, 0.5) is 0 Å². The van der Waals surface area contributed by atoms with Gasteiger partial charge in [0.05, 0.1) is 5.54 Å². The van der Waals surface area contributed by atoms with Crippen LogP contribution in [-0.2, 0) is 12.0 Å². The van der Waals surface area contributed by atoms with E-state index in [4.69, 9.17) is 0 Å². The average molecular weight is 224 g/mol. The maximum absolute atomic E-state index is 4.10. The zero-order chi connectivity index (χ0) is 11.7. The molecule has 17 heavy (non-hydrogen) atoms. The third-order valence-corrected chi connectivity index (χ3v) is 3.69. The summed E-state index contributed by atoms with van der Waals surface area (Å²) in [7, 11) is 0. The van der Waals surface area contributed by atoms with Crippen molar-refractivity contribution in [3.63, 3.8) is 0 Å². The lowest BCUT2D eigenvalue weighted by atomic mass is 9.79. The van der Waals surface area contributed by atoms with Crippen LogP contribution in [0.2, 0.25) is 0 Å². The molecule has 1 aliphatic heterocycles. The maximum Gasteiger partial charge on any atom is 0.0665 e. The van der Waals surface area contributed by atoms with Crippen LogP contribution < -0.4 is 5.32 Å². The number of hydrogen-bond acceptors (Lipinski definition) is 2. The smallest absolute Gasteiger partial charge is 0.0665 e. The monoisotopic (exact) mass is 224 g/mol. The lowest BCUT2D eigenvalue weighted by Crippen LogP contribution is -2.45. The van der Waals surface area contributed by atoms with Gasteiger partial charge in [-0.05, 0) is 42.2 Å². The molecule has 0 fully saturated rings. The summed E-state index contributed by atoms with van der Waals surface area (Å²) in [6.07, 6.45) is 4.83. The number of nitrogens with zero attached hydrogens (tertiary/aromatic N) is 1. The quantitative estimate of drug-likeness (QED) is 0.805. The van der Waals surface area contributed by atoms with Crippen molar-refractivity contribution in [2.75, 3.05) is 6.54 Å². The van der Waals surface area contributed by atoms with Gasteiger partial charge < -0.3 is 5.32 Å². The summed E-state index contributed by atoms with van der Waals surface area (Å²) in [5.74, 6) is 0. The number of nitrogens with one attached hydrogen (secondary N) is 1. The Balaban J connectivity index is 2.16. The Kier molecular flexibility index (Phi) is 2.45. The van der Waals surface area contributed by atoms with Gasteiger partial charge in [-0.3, -0.25) is 4.98 Å². The standard InChI is InChI=1S/C15H16N2/c1-15(13-7-9-16-10-8-13)14-5-3-2-4-12(14)6-11-17-15/h2-5,7-10,17H,6,11H2,1H3/t15-/m0/s1. The largest absolute Gasteiger partial charge is 0.304 e. The third-order valence-electron chi connectivity index (χ3n) is 3.69. The molecule has 2 aromatic rings. The molecule has 1 atom stereocenters. The van der Waals surface area contributed by atoms with Crippen LogP contribution in [0.15, 0.2) is 48.8 Å². The molecule has 1 aromatic carbocycles. The van der Waals surface area contributed by atoms with Gasteiger partial charge in [-0.25, -0.2) is 0 Å². The van der Waals surface area contributed by atoms with Crippen LogP contribution >= 0.6 is 0 Å². The first-order chi connectivity index (χ1) is 8.31. The number of pyridine rings is 1. The Hall–Kier alpha value is -1.67. The molecule has 1 aromatic heterocycles. The lowest BCUT2D eigenvalue weighted by Gasteiger charge is -2.37. The molecule has 2 heteroatoms. The SMILES string of the molecule is C[C@@]1(c2ccncc2)NCCc2ccccc21. The molecule has 1 aliphatic rings. The summed E-state index contributed by atoms with van der Waals surface area (Å²) < 4.78 is 0. The highest BCUT2D eigenvalue weighted by molar-refractivity contribution is 5.43. The van der Waals surface area contributed by atoms with E-state index in [0.717, 1.165) is 13.0 Å². The van der Waals surface area contributed by atoms with E-state index in [1.54, 1.807) is 0 Å². The zero-order valence-electron chi connectivity index (χ0n) is 9.98. The molecule has 0 unspecified atom stereocenters. The predicted molar refractivity (Wildman–Crippen MR) is 68.8 cm³/mol. The molecule has 0 radical (unpaired) electrons. The average Bonchev–Trinajstić information content (AvgIpc) is 2.40. The first-order valence-corrected chi connectivity index (χ1v) is 6.04. The van der Waals surface area contributed by atoms with E-state index < -0.39 is 0 Å². The molecular formula is C15H16N2. The van der Waals surface area contributed by atoms with Crippen molar-refractivity contribution in [2.45, 2.75) is 18.9 Å². The van der Waals surface area contributed by atoms with Crippen molar-refractivity contribution in [1.82, 2.24) is 10.3 Å². The highest BCUT2D eigenvalue weighted by Crippen LogP contribution is 2.33. The lowest BCUT2D eigenvalue weighted by molar-refractivity contribution is 0.414. The van der Waals surface area contributed by atoms with Crippen LogP contribution in [0, 0.1) is 0 Å². The van der Waals surface area contributed by atoms with Gasteiger partial charge in [0.15, 0.2) is 0 Å². The summed E-state index contributed by atoms with van der Waals surface area (Å²) in [6.45, 7) is 3.27. The van der Waals surface area contributed by atoms with E-state index >= 15 is 0 Å². The second-order valence-electron chi connectivity index (χ2n) is 4.69. The van der Waals surface area contributed by atoms with Crippen molar-refractivity contribution in [1.29, 1.82) is 0 Å². The Bertz CT molecular complexity index is 521. The number of fused-ring (bicyclic) bond motifs is 1. The van der Waals surface area contributed by atoms with Crippen molar-refractivity contribution < 1.29 is 0 Å². The first kappa shape index (κ1) is 10.5. The molecule has 0 saturated heterocycles. The van der Waals surface area contributed by atoms with Crippen LogP contribution in [0.1, 0.15) is 23.6 Å². The summed E-state index contributed by atoms with van der Waals surface area (Å²) in [4.78, 5) is 4.10. The van der Waals surface area contributed by atoms with Gasteiger partial charge in [-0.2, -0.15) is 0 Å². The molecule has 86 valence electrons. The van der Waals surface area contributed by atoms with E-state index in [0.29, 0.717) is 0 Å². The minimum absolute atomic E-state index is 0.0855. The molecule has 0 amide bonds. The van der Waals surface area contributed by atoms with E-state index in [2.05, 4.69) is 53.6 Å². The van der Waals surface area contributed by atoms with E-state index in [9.17, 15) is 0 Å². The Morgan fingerprint density at radius 2 is 1.88 bits per heavy atom. The minimum atomic E-state index is -0.0855. The fourth-order valence-corrected chi connectivity index (χ4v) is 2.71. The van der Waals surface area contributed by atoms with Crippen molar-refractivity contribution in [3.8, 4) is 0 Å². The van der Waals surface area contributed by atoms with Crippen molar-refractivity contribution >= 4 is 0 Å². The van der Waals surface area contributed by atoms with Gasteiger partial charge in [0.1, 0.15) is 0 Å². The Morgan fingerprint density at radius 3 is 2.71 bits per heavy atom. The number of aromatic nitrogens is 1. The normalized spacial score (nSPS) is 23.1. The highest BCUT2D eigenvalue weighted by Gasteiger charge is 2.32. The van der Waals surface area contributed by atoms with Gasteiger partial charge in [0.2, 0.25) is 0 Å². The molecule has 1 N–H and O–H groups in total. The molecule has 2 heterocycles. The molecule has 0 aliphatic carbocycles. The number of rotatable bonds is 1. The summed E-state index contributed by atoms with van der Waals surface area (Å²) in [5, 5.41) is 3.64. The topological polar surface area (TPSA) is 24.9 Å². The van der Waals surface area contributed by atoms with Gasteiger partial charge >= 0.3 is 0 Å². The van der Waals surface area contributed by atoms with E-state index in [-0.39, 0.29) is 5.54 Å². The fraction of sp³-hybridized carbons (Fsp3) is 0.267. The minimum Gasteiger partial charge on any atom is -0.304 e. The Labute approximate surface area is 102 Å². The maximum atomic E-state index is 4.10. The second kappa shape index (κ2) is 3.97. The first-order valence-electron chi connectivity index (χ1n) is 6.04. The third kappa shape index (κ3) is 1.65. The predicted octanol–water partition coefficient (Wildman–Crippen LogP) is 2.49. The van der Waals surface area contributed by atoms with Crippen LogP contribution in [-0.4, -0.2) is 11.5 Å². The van der Waals surface area contributed by atoms with Gasteiger partial charge in [-0.15, -0.1) is 0 Å². The molecule has 0 saturated carbocycles. The van der Waals surface area contributed by atoms with Crippen LogP contribution in [0.3, 0.4) is 0 Å². The fourth-order valence-electron chi connectivity index (χ4n) is 2.71. The number of hydrogen-bond donors (Lipinski definition) is 1. The molecule has 0 spiro atoms. The number of benzene rings is 1. The van der Waals surface area contributed by atoms with Crippen molar-refractivity contribution in [2.24, 2.45) is 0 Å². The molecule has 3 rings (SSSR count). The summed E-state index contributed by atoms with van der Waals surface area (Å²) in [5.41, 5.74) is 4.03. The van der Waals surface area contributed by atoms with Gasteiger partial charge in [0.25, 0.3) is 0 Å². The Morgan fingerprint density at radius 1 is 1.12 bits per heavy atom. The van der Waals surface area contributed by atoms with Gasteiger partial charge in [0, 0.05) is 18.9 Å². The zero-order valence-corrected chi connectivity index (χ0v) is 9.98. The molecule has 0 bridgehead atoms. The summed E-state index contributed by atoms with van der Waals surface area (Å²) >= 11 is 0. The summed E-state index contributed by atoms with van der Waals surface area (Å²) in [6, 6.07) is 12.9. The van der Waals surface area contributed by atoms with E-state index in [1.165, 1.54) is 16.7 Å². The van der Waals surface area contributed by atoms with Crippen LogP contribution in [0.5, 0.6) is 0 Å². The van der Waals surface area contributed by atoms with Crippen molar-refractivity contribution in [3.05, 3.63) is 65.5 Å². The van der Waals surface area contributed by atoms with E-state index in [1.807, 2.05) is 12.4 Å². The molecular weight excluding hydrogens is 208 g/mol. The highest BCUT2D eigenvalue weighted by atomic mass is 15.0. The van der Waals surface area contributed by atoms with Gasteiger partial charge in [-0.1, -0.05) is 24.3 Å².